The predicted octanol–water partition coefficient (Wildman–Crippen LogP) is 3.38. The Balaban J connectivity index is 1.87. The average molecular weight is 490 g/mol. The second-order valence-corrected chi connectivity index (χ2v) is 10.8. The third-order valence-corrected chi connectivity index (χ3v) is 7.24. The van der Waals surface area contributed by atoms with E-state index in [-0.39, 0.29) is 24.2 Å². The standard InChI is InChI=1S/C25H32FN3O4S/c1-18-7-6-8-20(15-18)16-28(19(2)25(31)27-22-9-4-5-10-22)24(30)17-29(34(3,32)33)23-13-11-21(26)12-14-23/h6-8,11-15,19,22H,4-5,9-10,16-17H2,1-3H3,(H,27,31). The van der Waals surface area contributed by atoms with Gasteiger partial charge in [-0.15, -0.1) is 0 Å². The number of hydrogen-bond donors (Lipinski definition) is 1. The molecule has 7 nitrogen and oxygen atoms in total. The van der Waals surface area contributed by atoms with Crippen molar-refractivity contribution in [2.45, 2.75) is 58.2 Å². The molecule has 1 aliphatic carbocycles. The number of sulfonamides is 1. The van der Waals surface area contributed by atoms with E-state index in [0.29, 0.717) is 0 Å². The molecule has 184 valence electrons. The van der Waals surface area contributed by atoms with Crippen LogP contribution >= 0.6 is 0 Å². The Morgan fingerprint density at radius 2 is 1.76 bits per heavy atom. The Hall–Kier alpha value is -2.94. The smallest absolute Gasteiger partial charge is 0.244 e. The zero-order valence-corrected chi connectivity index (χ0v) is 20.6. The Labute approximate surface area is 201 Å². The summed E-state index contributed by atoms with van der Waals surface area (Å²) in [7, 11) is -3.84. The highest BCUT2D eigenvalue weighted by Gasteiger charge is 2.31. The maximum Gasteiger partial charge on any atom is 0.244 e. The van der Waals surface area contributed by atoms with Gasteiger partial charge in [-0.05, 0) is 56.5 Å². The fourth-order valence-corrected chi connectivity index (χ4v) is 5.05. The first-order chi connectivity index (χ1) is 16.0. The van der Waals surface area contributed by atoms with E-state index >= 15 is 0 Å². The second-order valence-electron chi connectivity index (χ2n) is 8.92. The van der Waals surface area contributed by atoms with Gasteiger partial charge in [0.2, 0.25) is 21.8 Å². The van der Waals surface area contributed by atoms with Gasteiger partial charge in [0.1, 0.15) is 18.4 Å². The Morgan fingerprint density at radius 1 is 1.12 bits per heavy atom. The first kappa shape index (κ1) is 25.7. The molecule has 0 radical (unpaired) electrons. The van der Waals surface area contributed by atoms with E-state index < -0.39 is 34.3 Å². The maximum absolute atomic E-state index is 13.5. The highest BCUT2D eigenvalue weighted by atomic mass is 32.2. The van der Waals surface area contributed by atoms with Gasteiger partial charge in [-0.1, -0.05) is 42.7 Å². The Kier molecular flexibility index (Phi) is 8.30. The van der Waals surface area contributed by atoms with Gasteiger partial charge in [0.25, 0.3) is 0 Å². The second kappa shape index (κ2) is 11.0. The number of anilines is 1. The highest BCUT2D eigenvalue weighted by molar-refractivity contribution is 7.92. The summed E-state index contributed by atoms with van der Waals surface area (Å²) in [4.78, 5) is 27.9. The molecule has 1 aliphatic rings. The van der Waals surface area contributed by atoms with Crippen molar-refractivity contribution < 1.29 is 22.4 Å². The molecule has 3 rings (SSSR count). The third-order valence-electron chi connectivity index (χ3n) is 6.10. The van der Waals surface area contributed by atoms with Crippen molar-refractivity contribution in [3.8, 4) is 0 Å². The van der Waals surface area contributed by atoms with Crippen LogP contribution in [0.1, 0.15) is 43.7 Å². The van der Waals surface area contributed by atoms with Gasteiger partial charge in [-0.25, -0.2) is 12.8 Å². The molecule has 1 atom stereocenters. The van der Waals surface area contributed by atoms with Crippen LogP contribution in [-0.4, -0.2) is 50.0 Å². The van der Waals surface area contributed by atoms with Crippen LogP contribution in [0.5, 0.6) is 0 Å². The molecule has 0 spiro atoms. The minimum absolute atomic E-state index is 0.0950. The fourth-order valence-electron chi connectivity index (χ4n) is 4.20. The highest BCUT2D eigenvalue weighted by Crippen LogP contribution is 2.21. The monoisotopic (exact) mass is 489 g/mol. The minimum atomic E-state index is -3.84. The summed E-state index contributed by atoms with van der Waals surface area (Å²) in [6.45, 7) is 3.24. The van der Waals surface area contributed by atoms with Crippen LogP contribution < -0.4 is 9.62 Å². The summed E-state index contributed by atoms with van der Waals surface area (Å²) in [6.07, 6.45) is 4.94. The van der Waals surface area contributed by atoms with Gasteiger partial charge < -0.3 is 10.2 Å². The normalized spacial score (nSPS) is 15.1. The Bertz CT molecular complexity index is 1120. The van der Waals surface area contributed by atoms with Crippen LogP contribution in [0, 0.1) is 12.7 Å². The molecule has 2 aromatic carbocycles. The quantitative estimate of drug-likeness (QED) is 0.585. The molecule has 9 heteroatoms. The number of carbonyl (C=O) groups excluding carboxylic acids is 2. The van der Waals surface area contributed by atoms with Crippen LogP contribution in [0.25, 0.3) is 0 Å². The summed E-state index contributed by atoms with van der Waals surface area (Å²) in [5.74, 6) is -1.30. The first-order valence-electron chi connectivity index (χ1n) is 11.4. The van der Waals surface area contributed by atoms with E-state index in [2.05, 4.69) is 5.32 Å². The number of aryl methyl sites for hydroxylation is 1. The summed E-state index contributed by atoms with van der Waals surface area (Å²) in [6, 6.07) is 11.8. The van der Waals surface area contributed by atoms with Gasteiger partial charge in [0.15, 0.2) is 0 Å². The molecule has 0 aromatic heterocycles. The predicted molar refractivity (Wildman–Crippen MR) is 130 cm³/mol. The number of nitrogens with zero attached hydrogens (tertiary/aromatic N) is 2. The number of amides is 2. The Morgan fingerprint density at radius 3 is 2.35 bits per heavy atom. The number of halogens is 1. The number of nitrogens with one attached hydrogen (secondary N) is 1. The number of benzene rings is 2. The van der Waals surface area contributed by atoms with E-state index in [4.69, 9.17) is 0 Å². The molecular formula is C25H32FN3O4S. The fraction of sp³-hybridized carbons (Fsp3) is 0.440. The zero-order valence-electron chi connectivity index (χ0n) is 19.8. The third kappa shape index (κ3) is 6.79. The van der Waals surface area contributed by atoms with E-state index in [0.717, 1.165) is 59.5 Å². The van der Waals surface area contributed by atoms with Gasteiger partial charge in [-0.2, -0.15) is 0 Å². The minimum Gasteiger partial charge on any atom is -0.352 e. The number of rotatable bonds is 9. The van der Waals surface area contributed by atoms with Gasteiger partial charge >= 0.3 is 0 Å². The van der Waals surface area contributed by atoms with Crippen molar-refractivity contribution in [2.24, 2.45) is 0 Å². The molecule has 1 fully saturated rings. The van der Waals surface area contributed by atoms with Crippen molar-refractivity contribution in [1.29, 1.82) is 0 Å². The molecule has 0 aliphatic heterocycles. The van der Waals surface area contributed by atoms with E-state index in [1.165, 1.54) is 17.0 Å². The topological polar surface area (TPSA) is 86.8 Å². The van der Waals surface area contributed by atoms with Gasteiger partial charge in [-0.3, -0.25) is 13.9 Å². The zero-order chi connectivity index (χ0) is 24.9. The lowest BCUT2D eigenvalue weighted by atomic mass is 10.1. The van der Waals surface area contributed by atoms with Crippen LogP contribution in [0.4, 0.5) is 10.1 Å². The molecule has 1 saturated carbocycles. The van der Waals surface area contributed by atoms with Crippen molar-refractivity contribution in [2.75, 3.05) is 17.1 Å². The molecule has 0 saturated heterocycles. The van der Waals surface area contributed by atoms with Gasteiger partial charge in [0, 0.05) is 12.6 Å². The summed E-state index contributed by atoms with van der Waals surface area (Å²) in [5, 5.41) is 3.03. The van der Waals surface area contributed by atoms with Crippen molar-refractivity contribution in [3.63, 3.8) is 0 Å². The van der Waals surface area contributed by atoms with Crippen LogP contribution in [0.15, 0.2) is 48.5 Å². The lowest BCUT2D eigenvalue weighted by Crippen LogP contribution is -2.52. The average Bonchev–Trinajstić information content (AvgIpc) is 3.28. The van der Waals surface area contributed by atoms with E-state index in [1.807, 2.05) is 31.2 Å². The largest absolute Gasteiger partial charge is 0.352 e. The summed E-state index contributed by atoms with van der Waals surface area (Å²) >= 11 is 0. The number of hydrogen-bond acceptors (Lipinski definition) is 4. The molecule has 2 aromatic rings. The molecule has 1 unspecified atom stereocenters. The van der Waals surface area contributed by atoms with E-state index in [9.17, 15) is 22.4 Å². The number of carbonyl (C=O) groups is 2. The summed E-state index contributed by atoms with van der Waals surface area (Å²) in [5.41, 5.74) is 2.02. The van der Waals surface area contributed by atoms with Crippen molar-refractivity contribution >= 4 is 27.5 Å². The van der Waals surface area contributed by atoms with Crippen LogP contribution in [0.3, 0.4) is 0 Å². The molecular weight excluding hydrogens is 457 g/mol. The van der Waals surface area contributed by atoms with Crippen LogP contribution in [0.2, 0.25) is 0 Å². The van der Waals surface area contributed by atoms with Crippen molar-refractivity contribution in [1.82, 2.24) is 10.2 Å². The first-order valence-corrected chi connectivity index (χ1v) is 13.3. The molecule has 34 heavy (non-hydrogen) atoms. The maximum atomic E-state index is 13.5. The molecule has 0 heterocycles. The molecule has 1 N–H and O–H groups in total. The molecule has 2 amide bonds. The molecule has 0 bridgehead atoms. The lowest BCUT2D eigenvalue weighted by molar-refractivity contribution is -0.139. The van der Waals surface area contributed by atoms with Gasteiger partial charge in [0.05, 0.1) is 11.9 Å². The summed E-state index contributed by atoms with van der Waals surface area (Å²) < 4.78 is 39.3. The van der Waals surface area contributed by atoms with Crippen LogP contribution in [-0.2, 0) is 26.2 Å². The SMILES string of the molecule is Cc1cccc(CN(C(=O)CN(c2ccc(F)cc2)S(C)(=O)=O)C(C)C(=O)NC2CCCC2)c1. The lowest BCUT2D eigenvalue weighted by Gasteiger charge is -2.32. The van der Waals surface area contributed by atoms with Crippen molar-refractivity contribution in [3.05, 3.63) is 65.5 Å². The van der Waals surface area contributed by atoms with E-state index in [1.54, 1.807) is 6.92 Å².